The first-order valence-electron chi connectivity index (χ1n) is 4.19. The molecule has 1 nitrogen and oxygen atoms in total. The molecule has 1 heteroatoms. The zero-order valence-electron chi connectivity index (χ0n) is 7.35. The molecule has 2 atom stereocenters. The molecule has 0 heterocycles. The number of hydrogen-bond donors (Lipinski definition) is 0. The van der Waals surface area contributed by atoms with Gasteiger partial charge in [0.15, 0.2) is 0 Å². The highest BCUT2D eigenvalue weighted by atomic mass is 16.1. The predicted molar refractivity (Wildman–Crippen MR) is 44.1 cm³/mol. The standard InChI is InChI=1S/C10H14O/c1-9(2)4-5-10(3)6-7(11)8(9)10/h4-5,8H,6H2,1-3H3. The lowest BCUT2D eigenvalue weighted by atomic mass is 9.56. The maximum atomic E-state index is 11.3. The Morgan fingerprint density at radius 3 is 2.36 bits per heavy atom. The van der Waals surface area contributed by atoms with Gasteiger partial charge in [0.25, 0.3) is 0 Å². The van der Waals surface area contributed by atoms with E-state index in [4.69, 9.17) is 0 Å². The van der Waals surface area contributed by atoms with Crippen molar-refractivity contribution >= 4 is 5.78 Å². The van der Waals surface area contributed by atoms with Gasteiger partial charge in [-0.3, -0.25) is 4.79 Å². The monoisotopic (exact) mass is 150 g/mol. The third-order valence-corrected chi connectivity index (χ3v) is 3.17. The molecule has 0 aliphatic heterocycles. The normalized spacial score (nSPS) is 45.4. The SMILES string of the molecule is CC1(C)C=CC2(C)CC(=O)C12. The number of allylic oxidation sites excluding steroid dienone is 2. The van der Waals surface area contributed by atoms with Gasteiger partial charge in [0.05, 0.1) is 0 Å². The first kappa shape index (κ1) is 7.08. The molecule has 2 aliphatic rings. The van der Waals surface area contributed by atoms with Crippen LogP contribution in [-0.2, 0) is 4.79 Å². The lowest BCUT2D eigenvalue weighted by molar-refractivity contribution is -0.142. The Balaban J connectivity index is 2.38. The van der Waals surface area contributed by atoms with Crippen molar-refractivity contribution in [3.63, 3.8) is 0 Å². The smallest absolute Gasteiger partial charge is 0.138 e. The molecular weight excluding hydrogens is 136 g/mol. The highest BCUT2D eigenvalue weighted by Gasteiger charge is 2.57. The zero-order valence-corrected chi connectivity index (χ0v) is 7.35. The molecule has 0 saturated heterocycles. The fourth-order valence-corrected chi connectivity index (χ4v) is 2.74. The van der Waals surface area contributed by atoms with E-state index in [1.807, 2.05) is 0 Å². The molecule has 1 saturated carbocycles. The van der Waals surface area contributed by atoms with Crippen molar-refractivity contribution in [2.45, 2.75) is 27.2 Å². The Kier molecular flexibility index (Phi) is 1.03. The third kappa shape index (κ3) is 0.688. The molecule has 0 spiro atoms. The molecule has 1 fully saturated rings. The van der Waals surface area contributed by atoms with Crippen LogP contribution in [0.3, 0.4) is 0 Å². The van der Waals surface area contributed by atoms with Gasteiger partial charge in [-0.1, -0.05) is 32.9 Å². The van der Waals surface area contributed by atoms with E-state index in [0.717, 1.165) is 6.42 Å². The van der Waals surface area contributed by atoms with Crippen molar-refractivity contribution in [3.8, 4) is 0 Å². The van der Waals surface area contributed by atoms with Crippen LogP contribution in [0.1, 0.15) is 27.2 Å². The van der Waals surface area contributed by atoms with Crippen molar-refractivity contribution in [2.24, 2.45) is 16.7 Å². The molecule has 0 aromatic heterocycles. The second kappa shape index (κ2) is 1.60. The van der Waals surface area contributed by atoms with Crippen LogP contribution in [0.15, 0.2) is 12.2 Å². The minimum Gasteiger partial charge on any atom is -0.299 e. The van der Waals surface area contributed by atoms with E-state index < -0.39 is 0 Å². The number of rotatable bonds is 0. The van der Waals surface area contributed by atoms with Gasteiger partial charge in [-0.15, -0.1) is 0 Å². The highest BCUT2D eigenvalue weighted by molar-refractivity contribution is 5.91. The molecule has 2 aliphatic carbocycles. The van der Waals surface area contributed by atoms with Gasteiger partial charge < -0.3 is 0 Å². The first-order chi connectivity index (χ1) is 4.96. The summed E-state index contributed by atoms with van der Waals surface area (Å²) in [5, 5.41) is 0. The van der Waals surface area contributed by atoms with Crippen LogP contribution in [0.5, 0.6) is 0 Å². The number of fused-ring (bicyclic) bond motifs is 1. The van der Waals surface area contributed by atoms with Crippen LogP contribution in [-0.4, -0.2) is 5.78 Å². The van der Waals surface area contributed by atoms with Gasteiger partial charge in [0.1, 0.15) is 5.78 Å². The Labute approximate surface area is 67.5 Å². The van der Waals surface area contributed by atoms with E-state index in [1.54, 1.807) is 0 Å². The third-order valence-electron chi connectivity index (χ3n) is 3.17. The molecule has 0 N–H and O–H groups in total. The van der Waals surface area contributed by atoms with Crippen LogP contribution in [0.25, 0.3) is 0 Å². The Hall–Kier alpha value is -0.590. The minimum absolute atomic E-state index is 0.115. The van der Waals surface area contributed by atoms with Gasteiger partial charge in [-0.2, -0.15) is 0 Å². The lowest BCUT2D eigenvalue weighted by Crippen LogP contribution is -2.48. The molecule has 0 aromatic carbocycles. The number of Topliss-reactive ketones (excluding diaryl/α,β-unsaturated/α-hetero) is 1. The predicted octanol–water partition coefficient (Wildman–Crippen LogP) is 2.18. The summed E-state index contributed by atoms with van der Waals surface area (Å²) in [5.41, 5.74) is 0.324. The van der Waals surface area contributed by atoms with Crippen LogP contribution >= 0.6 is 0 Å². The molecule has 0 aromatic rings. The van der Waals surface area contributed by atoms with Gasteiger partial charge in [0, 0.05) is 17.8 Å². The quantitative estimate of drug-likeness (QED) is 0.484. The summed E-state index contributed by atoms with van der Waals surface area (Å²) in [6.45, 7) is 6.48. The summed E-state index contributed by atoms with van der Waals surface area (Å²) in [6, 6.07) is 0. The molecular formula is C10H14O. The minimum atomic E-state index is 0.115. The van der Waals surface area contributed by atoms with Crippen molar-refractivity contribution in [1.82, 2.24) is 0 Å². The van der Waals surface area contributed by atoms with Gasteiger partial charge in [-0.05, 0) is 5.41 Å². The lowest BCUT2D eigenvalue weighted by Gasteiger charge is -2.45. The maximum absolute atomic E-state index is 11.3. The second-order valence-electron chi connectivity index (χ2n) is 4.74. The molecule has 11 heavy (non-hydrogen) atoms. The van der Waals surface area contributed by atoms with Crippen molar-refractivity contribution < 1.29 is 4.79 Å². The molecule has 0 amide bonds. The average molecular weight is 150 g/mol. The largest absolute Gasteiger partial charge is 0.299 e. The van der Waals surface area contributed by atoms with Crippen LogP contribution in [0, 0.1) is 16.7 Å². The summed E-state index contributed by atoms with van der Waals surface area (Å²) >= 11 is 0. The first-order valence-corrected chi connectivity index (χ1v) is 4.19. The highest BCUT2D eigenvalue weighted by Crippen LogP contribution is 2.58. The fourth-order valence-electron chi connectivity index (χ4n) is 2.74. The van der Waals surface area contributed by atoms with E-state index in [9.17, 15) is 4.79 Å². The van der Waals surface area contributed by atoms with Gasteiger partial charge in [0.2, 0.25) is 0 Å². The number of carbonyl (C=O) groups is 1. The number of hydrogen-bond acceptors (Lipinski definition) is 1. The van der Waals surface area contributed by atoms with E-state index in [0.29, 0.717) is 5.78 Å². The Morgan fingerprint density at radius 1 is 1.36 bits per heavy atom. The van der Waals surface area contributed by atoms with E-state index in [-0.39, 0.29) is 16.7 Å². The van der Waals surface area contributed by atoms with Crippen molar-refractivity contribution in [2.75, 3.05) is 0 Å². The average Bonchev–Trinajstić information content (AvgIpc) is 1.98. The summed E-state index contributed by atoms with van der Waals surface area (Å²) in [7, 11) is 0. The summed E-state index contributed by atoms with van der Waals surface area (Å²) in [4.78, 5) is 11.3. The number of ketones is 1. The van der Waals surface area contributed by atoms with E-state index >= 15 is 0 Å². The Bertz CT molecular complexity index is 236. The second-order valence-corrected chi connectivity index (χ2v) is 4.74. The number of carbonyl (C=O) groups excluding carboxylic acids is 1. The zero-order chi connectivity index (χ0) is 8.28. The van der Waals surface area contributed by atoms with E-state index in [2.05, 4.69) is 32.9 Å². The van der Waals surface area contributed by atoms with Crippen molar-refractivity contribution in [3.05, 3.63) is 12.2 Å². The topological polar surface area (TPSA) is 17.1 Å². The summed E-state index contributed by atoms with van der Waals surface area (Å²) < 4.78 is 0. The molecule has 2 unspecified atom stereocenters. The molecule has 0 radical (unpaired) electrons. The maximum Gasteiger partial charge on any atom is 0.138 e. The molecule has 2 rings (SSSR count). The van der Waals surface area contributed by atoms with Crippen LogP contribution < -0.4 is 0 Å². The van der Waals surface area contributed by atoms with Gasteiger partial charge in [-0.25, -0.2) is 0 Å². The summed E-state index contributed by atoms with van der Waals surface area (Å²) in [6.07, 6.45) is 5.18. The Morgan fingerprint density at radius 2 is 2.00 bits per heavy atom. The van der Waals surface area contributed by atoms with Crippen LogP contribution in [0.4, 0.5) is 0 Å². The molecule has 60 valence electrons. The fraction of sp³-hybridized carbons (Fsp3) is 0.700. The van der Waals surface area contributed by atoms with Crippen LogP contribution in [0.2, 0.25) is 0 Å². The van der Waals surface area contributed by atoms with Crippen molar-refractivity contribution in [1.29, 1.82) is 0 Å². The van der Waals surface area contributed by atoms with Gasteiger partial charge >= 0.3 is 0 Å². The van der Waals surface area contributed by atoms with E-state index in [1.165, 1.54) is 0 Å². The summed E-state index contributed by atoms with van der Waals surface area (Å²) in [5.74, 6) is 0.720. The molecule has 0 bridgehead atoms.